The number of sulfonamides is 1. The summed E-state index contributed by atoms with van der Waals surface area (Å²) in [7, 11) is -2.72. The Hall–Kier alpha value is -3.17. The molecule has 0 bridgehead atoms. The first-order chi connectivity index (χ1) is 14.6. The largest absolute Gasteiger partial charge is 0.465 e. The van der Waals surface area contributed by atoms with E-state index < -0.39 is 16.0 Å². The third-order valence-corrected chi connectivity index (χ3v) is 7.04. The molecule has 0 aliphatic rings. The van der Waals surface area contributed by atoms with Crippen molar-refractivity contribution in [3.05, 3.63) is 64.5 Å². The SMILES string of the molecule is COC(=O)c1c(NS(=O)(=O)c2ccc(NC(C)=O)cc2)sc(C)c1-c1ccc(C)cc1. The van der Waals surface area contributed by atoms with Gasteiger partial charge in [-0.05, 0) is 43.7 Å². The molecule has 2 N–H and O–H groups in total. The fourth-order valence-corrected chi connectivity index (χ4v) is 5.45. The smallest absolute Gasteiger partial charge is 0.341 e. The highest BCUT2D eigenvalue weighted by atomic mass is 32.2. The van der Waals surface area contributed by atoms with E-state index >= 15 is 0 Å². The van der Waals surface area contributed by atoms with E-state index in [0.29, 0.717) is 11.3 Å². The predicted octanol–water partition coefficient (Wildman–Crippen LogP) is 4.58. The number of carbonyl (C=O) groups is 2. The number of rotatable bonds is 6. The van der Waals surface area contributed by atoms with Crippen molar-refractivity contribution < 1.29 is 22.7 Å². The van der Waals surface area contributed by atoms with Gasteiger partial charge in [0.25, 0.3) is 10.0 Å². The van der Waals surface area contributed by atoms with Crippen LogP contribution in [0.2, 0.25) is 0 Å². The van der Waals surface area contributed by atoms with E-state index in [9.17, 15) is 18.0 Å². The molecule has 1 aromatic heterocycles. The molecule has 3 rings (SSSR count). The van der Waals surface area contributed by atoms with Gasteiger partial charge in [-0.1, -0.05) is 29.8 Å². The first-order valence-electron chi connectivity index (χ1n) is 9.31. The van der Waals surface area contributed by atoms with Gasteiger partial charge in [0.2, 0.25) is 5.91 Å². The number of anilines is 2. The maximum absolute atomic E-state index is 13.0. The summed E-state index contributed by atoms with van der Waals surface area (Å²) >= 11 is 1.17. The van der Waals surface area contributed by atoms with Crippen molar-refractivity contribution in [2.45, 2.75) is 25.7 Å². The van der Waals surface area contributed by atoms with Crippen LogP contribution in [-0.4, -0.2) is 27.4 Å². The van der Waals surface area contributed by atoms with Crippen LogP contribution in [-0.2, 0) is 19.6 Å². The number of ether oxygens (including phenoxy) is 1. The number of benzene rings is 2. The van der Waals surface area contributed by atoms with Crippen molar-refractivity contribution in [2.24, 2.45) is 0 Å². The topological polar surface area (TPSA) is 102 Å². The Morgan fingerprint density at radius 3 is 2.13 bits per heavy atom. The van der Waals surface area contributed by atoms with E-state index in [1.54, 1.807) is 0 Å². The number of thiophene rings is 1. The number of methoxy groups -OCH3 is 1. The second-order valence-corrected chi connectivity index (χ2v) is 9.81. The second-order valence-electron chi connectivity index (χ2n) is 6.91. The average molecular weight is 459 g/mol. The van der Waals surface area contributed by atoms with Gasteiger partial charge in [-0.25, -0.2) is 13.2 Å². The zero-order valence-electron chi connectivity index (χ0n) is 17.5. The summed E-state index contributed by atoms with van der Waals surface area (Å²) in [4.78, 5) is 24.5. The minimum atomic E-state index is -3.98. The third kappa shape index (κ3) is 4.95. The second kappa shape index (κ2) is 8.91. The van der Waals surface area contributed by atoms with Crippen LogP contribution in [0.15, 0.2) is 53.4 Å². The van der Waals surface area contributed by atoms with Crippen molar-refractivity contribution in [3.8, 4) is 11.1 Å². The maximum Gasteiger partial charge on any atom is 0.341 e. The number of hydrogen-bond donors (Lipinski definition) is 2. The summed E-state index contributed by atoms with van der Waals surface area (Å²) in [6.07, 6.45) is 0. The summed E-state index contributed by atoms with van der Waals surface area (Å²) in [6.45, 7) is 5.15. The zero-order valence-corrected chi connectivity index (χ0v) is 19.1. The Morgan fingerprint density at radius 2 is 1.58 bits per heavy atom. The molecule has 0 spiro atoms. The third-order valence-electron chi connectivity index (χ3n) is 4.53. The van der Waals surface area contributed by atoms with Gasteiger partial charge in [-0.2, -0.15) is 0 Å². The molecule has 1 heterocycles. The van der Waals surface area contributed by atoms with Crippen LogP contribution < -0.4 is 10.0 Å². The van der Waals surface area contributed by atoms with E-state index in [1.807, 2.05) is 38.1 Å². The molecule has 0 saturated carbocycles. The van der Waals surface area contributed by atoms with Crippen molar-refractivity contribution in [3.63, 3.8) is 0 Å². The van der Waals surface area contributed by atoms with Gasteiger partial charge in [0, 0.05) is 23.1 Å². The summed E-state index contributed by atoms with van der Waals surface area (Å²) < 4.78 is 33.4. The molecule has 31 heavy (non-hydrogen) atoms. The van der Waals surface area contributed by atoms with E-state index in [4.69, 9.17) is 4.74 Å². The van der Waals surface area contributed by atoms with Crippen LogP contribution in [0.25, 0.3) is 11.1 Å². The van der Waals surface area contributed by atoms with Gasteiger partial charge < -0.3 is 10.1 Å². The number of aryl methyl sites for hydroxylation is 2. The van der Waals surface area contributed by atoms with Crippen LogP contribution in [0, 0.1) is 13.8 Å². The minimum absolute atomic E-state index is 0.000330. The quantitative estimate of drug-likeness (QED) is 0.527. The van der Waals surface area contributed by atoms with E-state index in [2.05, 4.69) is 10.0 Å². The maximum atomic E-state index is 13.0. The lowest BCUT2D eigenvalue weighted by Crippen LogP contribution is -2.15. The molecule has 9 heteroatoms. The van der Waals surface area contributed by atoms with E-state index in [-0.39, 0.29) is 21.4 Å². The lowest BCUT2D eigenvalue weighted by atomic mass is 10.0. The molecule has 0 saturated heterocycles. The molecular formula is C22H22N2O5S2. The van der Waals surface area contributed by atoms with Crippen LogP contribution in [0.1, 0.15) is 27.7 Å². The Bertz CT molecular complexity index is 1230. The number of nitrogens with one attached hydrogen (secondary N) is 2. The molecule has 0 radical (unpaired) electrons. The molecule has 0 unspecified atom stereocenters. The molecule has 0 aliphatic heterocycles. The fourth-order valence-electron chi connectivity index (χ4n) is 3.08. The minimum Gasteiger partial charge on any atom is -0.465 e. The molecule has 0 fully saturated rings. The highest BCUT2D eigenvalue weighted by Gasteiger charge is 2.27. The highest BCUT2D eigenvalue weighted by molar-refractivity contribution is 7.93. The van der Waals surface area contributed by atoms with Crippen LogP contribution in [0.4, 0.5) is 10.7 Å². The lowest BCUT2D eigenvalue weighted by Gasteiger charge is -2.10. The summed E-state index contributed by atoms with van der Waals surface area (Å²) in [6, 6.07) is 13.4. The summed E-state index contributed by atoms with van der Waals surface area (Å²) in [5, 5.41) is 2.77. The fraction of sp³-hybridized carbons (Fsp3) is 0.182. The van der Waals surface area contributed by atoms with Crippen molar-refractivity contribution >= 4 is 43.9 Å². The van der Waals surface area contributed by atoms with Gasteiger partial charge in [-0.15, -0.1) is 11.3 Å². The van der Waals surface area contributed by atoms with Gasteiger partial charge in [0.05, 0.1) is 12.0 Å². The van der Waals surface area contributed by atoms with Gasteiger partial charge in [0.1, 0.15) is 10.6 Å². The van der Waals surface area contributed by atoms with Crippen molar-refractivity contribution in [1.82, 2.24) is 0 Å². The first kappa shape index (κ1) is 22.5. The molecule has 3 aromatic rings. The Labute approximate surface area is 185 Å². The number of amides is 1. The Kier molecular flexibility index (Phi) is 6.47. The van der Waals surface area contributed by atoms with E-state index in [0.717, 1.165) is 16.0 Å². The number of hydrogen-bond acceptors (Lipinski definition) is 6. The lowest BCUT2D eigenvalue weighted by molar-refractivity contribution is -0.114. The average Bonchev–Trinajstić information content (AvgIpc) is 3.03. The monoisotopic (exact) mass is 458 g/mol. The predicted molar refractivity (Wildman–Crippen MR) is 122 cm³/mol. The van der Waals surface area contributed by atoms with Crippen LogP contribution in [0.3, 0.4) is 0 Å². The summed E-state index contributed by atoms with van der Waals surface area (Å²) in [5.74, 6) is -0.882. The van der Waals surface area contributed by atoms with Gasteiger partial charge in [-0.3, -0.25) is 9.52 Å². The molecule has 2 aromatic carbocycles. The van der Waals surface area contributed by atoms with Crippen molar-refractivity contribution in [1.29, 1.82) is 0 Å². The Balaban J connectivity index is 2.02. The molecule has 0 aliphatic carbocycles. The number of carbonyl (C=O) groups excluding carboxylic acids is 2. The number of esters is 1. The molecule has 7 nitrogen and oxygen atoms in total. The standard InChI is InChI=1S/C22H22N2O5S2/c1-13-5-7-16(8-6-13)19-14(2)30-21(20(19)22(26)29-4)24-31(27,28)18-11-9-17(10-12-18)23-15(3)25/h5-12,24H,1-4H3,(H,23,25). The van der Waals surface area contributed by atoms with Crippen LogP contribution >= 0.6 is 11.3 Å². The van der Waals surface area contributed by atoms with E-state index in [1.165, 1.54) is 49.6 Å². The first-order valence-corrected chi connectivity index (χ1v) is 11.6. The summed E-state index contributed by atoms with van der Waals surface area (Å²) in [5.41, 5.74) is 3.16. The highest BCUT2D eigenvalue weighted by Crippen LogP contribution is 2.41. The van der Waals surface area contributed by atoms with Gasteiger partial charge in [0.15, 0.2) is 0 Å². The molecule has 162 valence electrons. The molecular weight excluding hydrogens is 436 g/mol. The van der Waals surface area contributed by atoms with Crippen molar-refractivity contribution in [2.75, 3.05) is 17.1 Å². The molecule has 0 atom stereocenters. The van der Waals surface area contributed by atoms with Gasteiger partial charge >= 0.3 is 5.97 Å². The normalized spacial score (nSPS) is 11.1. The Morgan fingerprint density at radius 1 is 0.968 bits per heavy atom. The zero-order chi connectivity index (χ0) is 22.8. The molecule has 1 amide bonds. The van der Waals surface area contributed by atoms with Crippen LogP contribution in [0.5, 0.6) is 0 Å².